The molecule has 0 bridgehead atoms. The summed E-state index contributed by atoms with van der Waals surface area (Å²) in [5, 5.41) is -0.851. The Kier molecular flexibility index (Phi) is 3.85. The lowest BCUT2D eigenvalue weighted by Gasteiger charge is -2.17. The summed E-state index contributed by atoms with van der Waals surface area (Å²) in [5.74, 6) is -3.17. The van der Waals surface area contributed by atoms with Gasteiger partial charge >= 0.3 is 0 Å². The maximum atomic E-state index is 13.7. The Hall–Kier alpha value is -1.48. The maximum Gasteiger partial charge on any atom is 0.161 e. The van der Waals surface area contributed by atoms with E-state index in [1.807, 2.05) is 32.0 Å². The van der Waals surface area contributed by atoms with Crippen LogP contribution in [0.5, 0.6) is 0 Å². The van der Waals surface area contributed by atoms with Crippen LogP contribution in [0.1, 0.15) is 27.6 Å². The van der Waals surface area contributed by atoms with Crippen LogP contribution in [0.2, 0.25) is 0 Å². The smallest absolute Gasteiger partial charge is 0.161 e. The number of benzene rings is 2. The van der Waals surface area contributed by atoms with Gasteiger partial charge in [-0.25, -0.2) is 13.2 Å². The summed E-state index contributed by atoms with van der Waals surface area (Å²) in [6, 6.07) is 6.88. The summed E-state index contributed by atoms with van der Waals surface area (Å²) in [6.45, 7) is 3.69. The number of alkyl halides is 1. The van der Waals surface area contributed by atoms with Gasteiger partial charge in [-0.1, -0.05) is 18.2 Å². The Bertz CT molecular complexity index is 603. The van der Waals surface area contributed by atoms with Crippen LogP contribution in [0.4, 0.5) is 13.2 Å². The number of hydrogen-bond donors (Lipinski definition) is 0. The summed E-state index contributed by atoms with van der Waals surface area (Å²) in [4.78, 5) is 0. The molecule has 0 aliphatic heterocycles. The van der Waals surface area contributed by atoms with Gasteiger partial charge in [-0.3, -0.25) is 0 Å². The molecule has 0 radical (unpaired) electrons. The summed E-state index contributed by atoms with van der Waals surface area (Å²) in [7, 11) is 0. The molecular formula is C15H12ClF3. The zero-order valence-corrected chi connectivity index (χ0v) is 11.2. The molecule has 4 heteroatoms. The summed E-state index contributed by atoms with van der Waals surface area (Å²) < 4.78 is 39.9. The molecular weight excluding hydrogens is 273 g/mol. The van der Waals surface area contributed by atoms with Crippen LogP contribution in [0, 0.1) is 31.3 Å². The number of halogens is 4. The van der Waals surface area contributed by atoms with E-state index in [0.29, 0.717) is 11.6 Å². The molecule has 0 heterocycles. The molecule has 0 aliphatic rings. The molecule has 0 saturated carbocycles. The summed E-state index contributed by atoms with van der Waals surface area (Å²) >= 11 is 6.24. The normalized spacial score (nSPS) is 12.5. The predicted octanol–water partition coefficient (Wildman–Crippen LogP) is 5.05. The molecule has 19 heavy (non-hydrogen) atoms. The van der Waals surface area contributed by atoms with Gasteiger partial charge in [0.05, 0.1) is 5.38 Å². The second kappa shape index (κ2) is 5.25. The average molecular weight is 285 g/mol. The minimum absolute atomic E-state index is 0.0574. The topological polar surface area (TPSA) is 0 Å². The highest BCUT2D eigenvalue weighted by Gasteiger charge is 2.21. The first-order valence-electron chi connectivity index (χ1n) is 5.76. The van der Waals surface area contributed by atoms with E-state index in [-0.39, 0.29) is 5.56 Å². The highest BCUT2D eigenvalue weighted by molar-refractivity contribution is 6.22. The molecule has 2 aromatic rings. The molecule has 0 spiro atoms. The first-order chi connectivity index (χ1) is 8.91. The highest BCUT2D eigenvalue weighted by atomic mass is 35.5. The van der Waals surface area contributed by atoms with E-state index >= 15 is 0 Å². The van der Waals surface area contributed by atoms with E-state index in [1.54, 1.807) is 0 Å². The van der Waals surface area contributed by atoms with Crippen molar-refractivity contribution in [1.82, 2.24) is 0 Å². The van der Waals surface area contributed by atoms with Gasteiger partial charge in [0.1, 0.15) is 5.82 Å². The fourth-order valence-corrected chi connectivity index (χ4v) is 2.63. The van der Waals surface area contributed by atoms with Gasteiger partial charge in [0.25, 0.3) is 0 Å². The third-order valence-corrected chi connectivity index (χ3v) is 3.56. The van der Waals surface area contributed by atoms with Gasteiger partial charge in [0.2, 0.25) is 0 Å². The Morgan fingerprint density at radius 2 is 1.42 bits per heavy atom. The third-order valence-electron chi connectivity index (χ3n) is 3.11. The highest BCUT2D eigenvalue weighted by Crippen LogP contribution is 2.35. The van der Waals surface area contributed by atoms with Crippen molar-refractivity contribution in [1.29, 1.82) is 0 Å². The molecule has 0 nitrogen and oxygen atoms in total. The molecule has 2 aromatic carbocycles. The van der Waals surface area contributed by atoms with Crippen LogP contribution >= 0.6 is 11.6 Å². The minimum atomic E-state index is -1.22. The van der Waals surface area contributed by atoms with Crippen molar-refractivity contribution in [2.24, 2.45) is 0 Å². The first-order valence-corrected chi connectivity index (χ1v) is 6.20. The SMILES string of the molecule is Cc1cccc(C)c1C(Cl)c1cc(F)c(F)cc1F. The van der Waals surface area contributed by atoms with Crippen LogP contribution in [-0.2, 0) is 0 Å². The molecule has 0 N–H and O–H groups in total. The van der Waals surface area contributed by atoms with Gasteiger partial charge in [0, 0.05) is 11.6 Å². The van der Waals surface area contributed by atoms with Crippen molar-refractivity contribution >= 4 is 11.6 Å². The Morgan fingerprint density at radius 3 is 2.00 bits per heavy atom. The summed E-state index contributed by atoms with van der Waals surface area (Å²) in [6.07, 6.45) is 0. The molecule has 1 atom stereocenters. The molecule has 0 saturated heterocycles. The van der Waals surface area contributed by atoms with Gasteiger partial charge < -0.3 is 0 Å². The van der Waals surface area contributed by atoms with E-state index in [0.717, 1.165) is 17.2 Å². The number of rotatable bonds is 2. The lowest BCUT2D eigenvalue weighted by Crippen LogP contribution is -2.03. The molecule has 0 aromatic heterocycles. The quantitative estimate of drug-likeness (QED) is 0.535. The van der Waals surface area contributed by atoms with E-state index in [1.165, 1.54) is 0 Å². The predicted molar refractivity (Wildman–Crippen MR) is 69.9 cm³/mol. The van der Waals surface area contributed by atoms with Gasteiger partial charge in [-0.2, -0.15) is 0 Å². The van der Waals surface area contributed by atoms with E-state index in [9.17, 15) is 13.2 Å². The van der Waals surface area contributed by atoms with Crippen molar-refractivity contribution in [2.45, 2.75) is 19.2 Å². The van der Waals surface area contributed by atoms with E-state index < -0.39 is 22.8 Å². The molecule has 100 valence electrons. The fourth-order valence-electron chi connectivity index (χ4n) is 2.11. The maximum absolute atomic E-state index is 13.7. The van der Waals surface area contributed by atoms with Gasteiger partial charge in [-0.05, 0) is 36.6 Å². The van der Waals surface area contributed by atoms with Gasteiger partial charge in [-0.15, -0.1) is 11.6 Å². The van der Waals surface area contributed by atoms with Crippen molar-refractivity contribution in [3.05, 3.63) is 70.0 Å². The Balaban J connectivity index is 2.56. The molecule has 0 amide bonds. The summed E-state index contributed by atoms with van der Waals surface area (Å²) in [5.41, 5.74) is 2.42. The monoisotopic (exact) mass is 284 g/mol. The third kappa shape index (κ3) is 2.61. The lowest BCUT2D eigenvalue weighted by atomic mass is 9.95. The van der Waals surface area contributed by atoms with Crippen molar-refractivity contribution in [2.75, 3.05) is 0 Å². The Morgan fingerprint density at radius 1 is 0.895 bits per heavy atom. The number of hydrogen-bond acceptors (Lipinski definition) is 0. The van der Waals surface area contributed by atoms with Crippen molar-refractivity contribution in [3.63, 3.8) is 0 Å². The molecule has 0 fully saturated rings. The Labute approximate surface area is 114 Å². The molecule has 2 rings (SSSR count). The minimum Gasteiger partial charge on any atom is -0.207 e. The standard InChI is InChI=1S/C15H12ClF3/c1-8-4-3-5-9(2)14(8)15(16)10-6-12(18)13(19)7-11(10)17/h3-7,15H,1-2H3. The van der Waals surface area contributed by atoms with Crippen LogP contribution in [0.25, 0.3) is 0 Å². The largest absolute Gasteiger partial charge is 0.207 e. The van der Waals surface area contributed by atoms with E-state index in [4.69, 9.17) is 11.6 Å². The second-order valence-electron chi connectivity index (χ2n) is 4.46. The first kappa shape index (κ1) is 13.9. The number of aryl methyl sites for hydroxylation is 2. The van der Waals surface area contributed by atoms with Crippen molar-refractivity contribution < 1.29 is 13.2 Å². The van der Waals surface area contributed by atoms with Crippen LogP contribution in [0.3, 0.4) is 0 Å². The fraction of sp³-hybridized carbons (Fsp3) is 0.200. The van der Waals surface area contributed by atoms with Crippen LogP contribution < -0.4 is 0 Å². The zero-order chi connectivity index (χ0) is 14.2. The zero-order valence-electron chi connectivity index (χ0n) is 10.5. The molecule has 1 unspecified atom stereocenters. The van der Waals surface area contributed by atoms with Gasteiger partial charge in [0.15, 0.2) is 11.6 Å². The molecule has 0 aliphatic carbocycles. The van der Waals surface area contributed by atoms with Crippen LogP contribution in [0.15, 0.2) is 30.3 Å². The van der Waals surface area contributed by atoms with Crippen molar-refractivity contribution in [3.8, 4) is 0 Å². The second-order valence-corrected chi connectivity index (χ2v) is 4.89. The van der Waals surface area contributed by atoms with Crippen LogP contribution in [-0.4, -0.2) is 0 Å². The van der Waals surface area contributed by atoms with E-state index in [2.05, 4.69) is 0 Å². The lowest BCUT2D eigenvalue weighted by molar-refractivity contribution is 0.490. The average Bonchev–Trinajstić information content (AvgIpc) is 2.33.